The van der Waals surface area contributed by atoms with Crippen molar-refractivity contribution in [1.82, 2.24) is 19.7 Å². The number of rotatable bonds is 4. The molecule has 0 aliphatic rings. The molecule has 0 amide bonds. The number of benzene rings is 1. The Morgan fingerprint density at radius 3 is 2.57 bits per heavy atom. The molecular formula is C15H14BrN5. The molecule has 0 unspecified atom stereocenters. The molecule has 1 aromatic carbocycles. The number of hydrogen-bond acceptors (Lipinski definition) is 4. The van der Waals surface area contributed by atoms with Crippen LogP contribution in [-0.4, -0.2) is 19.7 Å². The van der Waals surface area contributed by atoms with Crippen molar-refractivity contribution in [2.24, 2.45) is 7.05 Å². The van der Waals surface area contributed by atoms with Gasteiger partial charge in [-0.2, -0.15) is 5.10 Å². The number of anilines is 1. The lowest BCUT2D eigenvalue weighted by Crippen LogP contribution is -2.03. The van der Waals surface area contributed by atoms with Crippen molar-refractivity contribution in [2.45, 2.75) is 6.54 Å². The van der Waals surface area contributed by atoms with Gasteiger partial charge >= 0.3 is 0 Å². The zero-order valence-corrected chi connectivity index (χ0v) is 13.1. The second-order valence-electron chi connectivity index (χ2n) is 4.62. The fourth-order valence-corrected chi connectivity index (χ4v) is 2.29. The van der Waals surface area contributed by atoms with E-state index in [0.29, 0.717) is 12.5 Å². The maximum absolute atomic E-state index is 4.54. The molecular weight excluding hydrogens is 330 g/mol. The molecule has 0 atom stereocenters. The van der Waals surface area contributed by atoms with E-state index in [4.69, 9.17) is 0 Å². The number of hydrogen-bond donors (Lipinski definition) is 1. The highest BCUT2D eigenvalue weighted by Crippen LogP contribution is 2.22. The van der Waals surface area contributed by atoms with Gasteiger partial charge in [0.05, 0.1) is 10.2 Å². The third-order valence-corrected chi connectivity index (χ3v) is 3.42. The molecule has 0 spiro atoms. The summed E-state index contributed by atoms with van der Waals surface area (Å²) in [5.41, 5.74) is 3.18. The first-order valence-electron chi connectivity index (χ1n) is 6.52. The van der Waals surface area contributed by atoms with E-state index >= 15 is 0 Å². The van der Waals surface area contributed by atoms with Gasteiger partial charge in [-0.05, 0) is 15.9 Å². The van der Waals surface area contributed by atoms with Gasteiger partial charge in [0.1, 0.15) is 0 Å². The number of nitrogens with zero attached hydrogens (tertiary/aromatic N) is 4. The first-order valence-corrected chi connectivity index (χ1v) is 7.31. The summed E-state index contributed by atoms with van der Waals surface area (Å²) in [7, 11) is 1.92. The van der Waals surface area contributed by atoms with Crippen LogP contribution in [0.2, 0.25) is 0 Å². The van der Waals surface area contributed by atoms with E-state index in [-0.39, 0.29) is 0 Å². The normalized spacial score (nSPS) is 10.6. The highest BCUT2D eigenvalue weighted by molar-refractivity contribution is 9.10. The Bertz CT molecular complexity index is 722. The third kappa shape index (κ3) is 3.28. The van der Waals surface area contributed by atoms with E-state index in [1.165, 1.54) is 0 Å². The number of aromatic nitrogens is 4. The molecule has 0 radical (unpaired) electrons. The Kier molecular flexibility index (Phi) is 3.96. The minimum absolute atomic E-state index is 0.598. The number of aryl methyl sites for hydroxylation is 1. The van der Waals surface area contributed by atoms with Crippen molar-refractivity contribution in [3.8, 4) is 11.3 Å². The zero-order chi connectivity index (χ0) is 14.7. The molecule has 21 heavy (non-hydrogen) atoms. The summed E-state index contributed by atoms with van der Waals surface area (Å²) in [6, 6.07) is 10.1. The second-order valence-corrected chi connectivity index (χ2v) is 5.54. The molecule has 0 saturated carbocycles. The van der Waals surface area contributed by atoms with Gasteiger partial charge in [0, 0.05) is 43.3 Å². The van der Waals surface area contributed by atoms with Crippen molar-refractivity contribution in [2.75, 3.05) is 5.32 Å². The Morgan fingerprint density at radius 1 is 1.14 bits per heavy atom. The molecule has 6 heteroatoms. The molecule has 1 N–H and O–H groups in total. The van der Waals surface area contributed by atoms with Crippen molar-refractivity contribution in [3.05, 3.63) is 59.0 Å². The van der Waals surface area contributed by atoms with E-state index in [9.17, 15) is 0 Å². The van der Waals surface area contributed by atoms with Crippen LogP contribution >= 0.6 is 15.9 Å². The average Bonchev–Trinajstić information content (AvgIpc) is 2.89. The monoisotopic (exact) mass is 343 g/mol. The minimum Gasteiger partial charge on any atom is -0.350 e. The average molecular weight is 344 g/mol. The fourth-order valence-electron chi connectivity index (χ4n) is 2.08. The quantitative estimate of drug-likeness (QED) is 0.789. The molecule has 0 aliphatic heterocycles. The van der Waals surface area contributed by atoms with E-state index in [1.807, 2.05) is 36.1 Å². The van der Waals surface area contributed by atoms with E-state index in [1.54, 1.807) is 12.4 Å². The fraction of sp³-hybridized carbons (Fsp3) is 0.133. The van der Waals surface area contributed by atoms with Crippen LogP contribution in [0.3, 0.4) is 0 Å². The molecule has 3 rings (SSSR count). The summed E-state index contributed by atoms with van der Waals surface area (Å²) in [5, 5.41) is 7.75. The number of nitrogens with one attached hydrogen (secondary N) is 1. The minimum atomic E-state index is 0.598. The number of halogens is 1. The summed E-state index contributed by atoms with van der Waals surface area (Å²) in [5.74, 6) is 0.598. The smallest absolute Gasteiger partial charge is 0.222 e. The lowest BCUT2D eigenvalue weighted by atomic mass is 10.1. The van der Waals surface area contributed by atoms with Crippen LogP contribution in [0.25, 0.3) is 11.3 Å². The molecule has 2 aromatic heterocycles. The van der Waals surface area contributed by atoms with Gasteiger partial charge in [-0.3, -0.25) is 4.68 Å². The van der Waals surface area contributed by atoms with Crippen LogP contribution in [0.15, 0.2) is 53.4 Å². The molecule has 0 bridgehead atoms. The van der Waals surface area contributed by atoms with Crippen molar-refractivity contribution >= 4 is 21.9 Å². The zero-order valence-electron chi connectivity index (χ0n) is 11.5. The van der Waals surface area contributed by atoms with Gasteiger partial charge in [-0.25, -0.2) is 9.97 Å². The first kappa shape index (κ1) is 13.8. The van der Waals surface area contributed by atoms with Crippen molar-refractivity contribution in [3.63, 3.8) is 0 Å². The van der Waals surface area contributed by atoms with Gasteiger partial charge in [0.15, 0.2) is 0 Å². The topological polar surface area (TPSA) is 55.6 Å². The van der Waals surface area contributed by atoms with Crippen LogP contribution < -0.4 is 5.32 Å². The highest BCUT2D eigenvalue weighted by atomic mass is 79.9. The molecule has 106 valence electrons. The summed E-state index contributed by atoms with van der Waals surface area (Å²) < 4.78 is 2.68. The Balaban J connectivity index is 1.81. The second kappa shape index (κ2) is 6.05. The van der Waals surface area contributed by atoms with Crippen molar-refractivity contribution in [1.29, 1.82) is 0 Å². The van der Waals surface area contributed by atoms with E-state index < -0.39 is 0 Å². The molecule has 5 nitrogen and oxygen atoms in total. The van der Waals surface area contributed by atoms with Gasteiger partial charge in [0.25, 0.3) is 0 Å². The standard InChI is InChI=1S/C15H14BrN5/c1-21-10-12(7-17-15-18-8-13(16)9-19-15)14(20-21)11-5-3-2-4-6-11/h2-6,8-10H,7H2,1H3,(H,17,18,19). The van der Waals surface area contributed by atoms with Gasteiger partial charge in [-0.1, -0.05) is 30.3 Å². The van der Waals surface area contributed by atoms with Crippen molar-refractivity contribution < 1.29 is 0 Å². The SMILES string of the molecule is Cn1cc(CNc2ncc(Br)cn2)c(-c2ccccc2)n1. The molecule has 0 saturated heterocycles. The summed E-state index contributed by atoms with van der Waals surface area (Å²) in [6.45, 7) is 0.625. The maximum atomic E-state index is 4.54. The third-order valence-electron chi connectivity index (χ3n) is 3.01. The van der Waals surface area contributed by atoms with Gasteiger partial charge in [-0.15, -0.1) is 0 Å². The van der Waals surface area contributed by atoms with Crippen LogP contribution in [0.5, 0.6) is 0 Å². The molecule has 0 fully saturated rings. The van der Waals surface area contributed by atoms with Gasteiger partial charge < -0.3 is 5.32 Å². The Labute approximate surface area is 131 Å². The Morgan fingerprint density at radius 2 is 1.86 bits per heavy atom. The first-order chi connectivity index (χ1) is 10.2. The largest absolute Gasteiger partial charge is 0.350 e. The van der Waals surface area contributed by atoms with Crippen LogP contribution in [0.1, 0.15) is 5.56 Å². The lowest BCUT2D eigenvalue weighted by Gasteiger charge is -2.05. The molecule has 2 heterocycles. The summed E-state index contributed by atoms with van der Waals surface area (Å²) in [4.78, 5) is 8.41. The predicted octanol–water partition coefficient (Wildman–Crippen LogP) is 3.25. The van der Waals surface area contributed by atoms with Crippen LogP contribution in [-0.2, 0) is 13.6 Å². The summed E-state index contributed by atoms with van der Waals surface area (Å²) >= 11 is 3.32. The predicted molar refractivity (Wildman–Crippen MR) is 85.7 cm³/mol. The van der Waals surface area contributed by atoms with Gasteiger partial charge in [0.2, 0.25) is 5.95 Å². The van der Waals surface area contributed by atoms with Crippen LogP contribution in [0.4, 0.5) is 5.95 Å². The lowest BCUT2D eigenvalue weighted by molar-refractivity contribution is 0.770. The summed E-state index contributed by atoms with van der Waals surface area (Å²) in [6.07, 6.45) is 5.45. The maximum Gasteiger partial charge on any atom is 0.222 e. The molecule has 3 aromatic rings. The Hall–Kier alpha value is -2.21. The highest BCUT2D eigenvalue weighted by Gasteiger charge is 2.10. The van der Waals surface area contributed by atoms with E-state index in [2.05, 4.69) is 48.4 Å². The molecule has 0 aliphatic carbocycles. The van der Waals surface area contributed by atoms with Crippen LogP contribution in [0, 0.1) is 0 Å². The van der Waals surface area contributed by atoms with E-state index in [0.717, 1.165) is 21.3 Å².